The van der Waals surface area contributed by atoms with Gasteiger partial charge in [0.2, 0.25) is 0 Å². The average molecular weight is 518 g/mol. The molecular formula is C31H37N2O5. The number of carbonyl (C=O) groups excluding carboxylic acids is 1. The first kappa shape index (κ1) is 25.4. The number of alkyl carbamates (subject to hydrolysis) is 1. The highest BCUT2D eigenvalue weighted by atomic mass is 16.5. The minimum absolute atomic E-state index is 0.105. The predicted octanol–water partition coefficient (Wildman–Crippen LogP) is 6.20. The minimum Gasteiger partial charge on any atom is -0.480 e. The standard InChI is InChI=1S/C31H37N2O5/c34-27(35)31(20-29(15-7-1-8-16-29)33(37)30(21-31)17-9-2-10-18-30)32-28(36)38-19-26-24-13-5-3-11-22(24)23-12-4-6-14-25(23)26/h3-6,11-14,26H,1-2,7-10,15-21H2,(H,32,36)(H,34,35). The highest BCUT2D eigenvalue weighted by Crippen LogP contribution is 2.54. The molecule has 1 aliphatic heterocycles. The third-order valence-corrected chi connectivity index (χ3v) is 9.79. The zero-order valence-corrected chi connectivity index (χ0v) is 21.9. The Balaban J connectivity index is 1.25. The first-order valence-electron chi connectivity index (χ1n) is 14.2. The van der Waals surface area contributed by atoms with Gasteiger partial charge in [0.05, 0.1) is 11.1 Å². The Labute approximate surface area is 224 Å². The van der Waals surface area contributed by atoms with Gasteiger partial charge in [0.15, 0.2) is 0 Å². The molecule has 4 aliphatic rings. The molecule has 7 nitrogen and oxygen atoms in total. The van der Waals surface area contributed by atoms with Gasteiger partial charge in [0.25, 0.3) is 0 Å². The van der Waals surface area contributed by atoms with Crippen LogP contribution in [-0.4, -0.2) is 45.5 Å². The summed E-state index contributed by atoms with van der Waals surface area (Å²) < 4.78 is 5.79. The first-order chi connectivity index (χ1) is 18.4. The van der Waals surface area contributed by atoms with E-state index in [1.807, 2.05) is 24.3 Å². The lowest BCUT2D eigenvalue weighted by atomic mass is 9.60. The summed E-state index contributed by atoms with van der Waals surface area (Å²) in [5.74, 6) is -1.17. The first-order valence-corrected chi connectivity index (χ1v) is 14.2. The highest BCUT2D eigenvalue weighted by Gasteiger charge is 2.63. The number of ether oxygens (including phenoxy) is 1. The molecule has 2 aromatic rings. The molecule has 2 aromatic carbocycles. The number of carboxylic acid groups (broad SMARTS) is 1. The third-order valence-electron chi connectivity index (χ3n) is 9.79. The van der Waals surface area contributed by atoms with Crippen LogP contribution < -0.4 is 5.32 Å². The van der Waals surface area contributed by atoms with E-state index in [0.717, 1.165) is 60.8 Å². The molecule has 1 heterocycles. The van der Waals surface area contributed by atoms with E-state index in [2.05, 4.69) is 29.6 Å². The van der Waals surface area contributed by atoms with Gasteiger partial charge in [0, 0.05) is 18.8 Å². The minimum atomic E-state index is -1.52. The summed E-state index contributed by atoms with van der Waals surface area (Å²) in [6.07, 6.45) is 8.03. The molecule has 2 saturated carbocycles. The van der Waals surface area contributed by atoms with Crippen LogP contribution in [0, 0.1) is 0 Å². The van der Waals surface area contributed by atoms with Crippen molar-refractivity contribution in [1.29, 1.82) is 0 Å². The Hall–Kier alpha value is -2.90. The van der Waals surface area contributed by atoms with Gasteiger partial charge in [-0.25, -0.2) is 9.59 Å². The molecule has 2 spiro atoms. The molecule has 201 valence electrons. The summed E-state index contributed by atoms with van der Waals surface area (Å²) >= 11 is 0. The van der Waals surface area contributed by atoms with Crippen molar-refractivity contribution in [2.75, 3.05) is 6.61 Å². The number of rotatable bonds is 4. The number of aliphatic carboxylic acids is 1. The van der Waals surface area contributed by atoms with Crippen molar-refractivity contribution in [3.8, 4) is 11.1 Å². The smallest absolute Gasteiger partial charge is 0.408 e. The summed E-state index contributed by atoms with van der Waals surface area (Å²) in [5, 5.41) is 28.7. The fourth-order valence-electron chi connectivity index (χ4n) is 8.14. The van der Waals surface area contributed by atoms with Crippen LogP contribution in [0.5, 0.6) is 0 Å². The number of piperidine rings is 1. The Morgan fingerprint density at radius 1 is 0.816 bits per heavy atom. The SMILES string of the molecule is [O]N1C2(CCCCC2)CC(NC(=O)OCC2c3ccccc3-c3ccccc32)(C(=O)O)CC12CCCCC2. The lowest BCUT2D eigenvalue weighted by Crippen LogP contribution is -2.74. The normalized spacial score (nSPS) is 26.0. The van der Waals surface area contributed by atoms with Crippen molar-refractivity contribution in [3.05, 3.63) is 59.7 Å². The molecular weight excluding hydrogens is 480 g/mol. The number of nitrogens with one attached hydrogen (secondary N) is 1. The van der Waals surface area contributed by atoms with E-state index in [1.54, 1.807) is 0 Å². The monoisotopic (exact) mass is 517 g/mol. The van der Waals surface area contributed by atoms with Crippen molar-refractivity contribution in [1.82, 2.24) is 10.4 Å². The van der Waals surface area contributed by atoms with E-state index >= 15 is 0 Å². The van der Waals surface area contributed by atoms with Crippen LogP contribution in [0.3, 0.4) is 0 Å². The predicted molar refractivity (Wildman–Crippen MR) is 142 cm³/mol. The molecule has 1 saturated heterocycles. The molecule has 0 bridgehead atoms. The largest absolute Gasteiger partial charge is 0.480 e. The summed E-state index contributed by atoms with van der Waals surface area (Å²) in [5.41, 5.74) is 1.48. The molecule has 0 aromatic heterocycles. The number of carbonyl (C=O) groups is 2. The molecule has 3 fully saturated rings. The maximum atomic E-state index is 14.0. The van der Waals surface area contributed by atoms with Crippen molar-refractivity contribution in [3.63, 3.8) is 0 Å². The van der Waals surface area contributed by atoms with E-state index < -0.39 is 28.7 Å². The molecule has 2 N–H and O–H groups in total. The number of hydrogen-bond acceptors (Lipinski definition) is 4. The molecule has 0 unspecified atom stereocenters. The molecule has 1 amide bonds. The Bertz CT molecular complexity index is 1140. The molecule has 0 atom stereocenters. The quantitative estimate of drug-likeness (QED) is 0.503. The van der Waals surface area contributed by atoms with Gasteiger partial charge in [-0.2, -0.15) is 0 Å². The number of nitrogens with zero attached hydrogens (tertiary/aromatic N) is 1. The maximum Gasteiger partial charge on any atom is 0.408 e. The van der Waals surface area contributed by atoms with Gasteiger partial charge >= 0.3 is 12.1 Å². The number of fused-ring (bicyclic) bond motifs is 3. The zero-order valence-electron chi connectivity index (χ0n) is 21.9. The topological polar surface area (TPSA) is 98.8 Å². The number of benzene rings is 2. The fourth-order valence-corrected chi connectivity index (χ4v) is 8.14. The van der Waals surface area contributed by atoms with E-state index in [-0.39, 0.29) is 25.4 Å². The second-order valence-corrected chi connectivity index (χ2v) is 12.1. The van der Waals surface area contributed by atoms with Crippen LogP contribution in [0.15, 0.2) is 48.5 Å². The van der Waals surface area contributed by atoms with Crippen molar-refractivity contribution in [2.24, 2.45) is 0 Å². The fraction of sp³-hybridized carbons (Fsp3) is 0.548. The van der Waals surface area contributed by atoms with Crippen LogP contribution in [0.1, 0.15) is 94.1 Å². The molecule has 6 rings (SSSR count). The third kappa shape index (κ3) is 4.11. The Kier molecular flexibility index (Phi) is 6.47. The van der Waals surface area contributed by atoms with E-state index in [4.69, 9.17) is 4.74 Å². The lowest BCUT2D eigenvalue weighted by molar-refractivity contribution is -0.326. The number of amides is 1. The molecule has 38 heavy (non-hydrogen) atoms. The highest BCUT2D eigenvalue weighted by molar-refractivity contribution is 5.85. The van der Waals surface area contributed by atoms with Crippen LogP contribution in [0.25, 0.3) is 11.1 Å². The van der Waals surface area contributed by atoms with E-state index in [1.165, 1.54) is 5.06 Å². The second kappa shape index (κ2) is 9.69. The number of hydrogen-bond donors (Lipinski definition) is 2. The van der Waals surface area contributed by atoms with Gasteiger partial charge < -0.3 is 15.2 Å². The van der Waals surface area contributed by atoms with Gasteiger partial charge in [-0.3, -0.25) is 0 Å². The second-order valence-electron chi connectivity index (χ2n) is 12.1. The summed E-state index contributed by atoms with van der Waals surface area (Å²) in [7, 11) is 0. The lowest BCUT2D eigenvalue weighted by Gasteiger charge is -2.60. The van der Waals surface area contributed by atoms with Gasteiger partial charge in [-0.15, -0.1) is 10.3 Å². The van der Waals surface area contributed by atoms with Crippen molar-refractivity contribution < 1.29 is 24.6 Å². The van der Waals surface area contributed by atoms with E-state index in [0.29, 0.717) is 25.7 Å². The Morgan fingerprint density at radius 2 is 1.29 bits per heavy atom. The summed E-state index contributed by atoms with van der Waals surface area (Å²) in [6, 6.07) is 16.3. The maximum absolute atomic E-state index is 14.0. The molecule has 7 heteroatoms. The van der Waals surface area contributed by atoms with Gasteiger partial charge in [-0.1, -0.05) is 87.1 Å². The molecule has 3 aliphatic carbocycles. The van der Waals surface area contributed by atoms with Crippen LogP contribution in [0.2, 0.25) is 0 Å². The molecule has 1 radical (unpaired) electrons. The number of carboxylic acids is 1. The number of hydroxylamine groups is 2. The van der Waals surface area contributed by atoms with Gasteiger partial charge in [-0.05, 0) is 47.9 Å². The van der Waals surface area contributed by atoms with Crippen LogP contribution in [-0.2, 0) is 14.7 Å². The van der Waals surface area contributed by atoms with Gasteiger partial charge in [0.1, 0.15) is 12.1 Å². The van der Waals surface area contributed by atoms with E-state index in [9.17, 15) is 19.9 Å². The Morgan fingerprint density at radius 3 is 1.76 bits per heavy atom. The summed E-state index contributed by atoms with van der Waals surface area (Å²) in [4.78, 5) is 26.3. The van der Waals surface area contributed by atoms with Crippen molar-refractivity contribution in [2.45, 2.75) is 99.6 Å². The van der Waals surface area contributed by atoms with Crippen LogP contribution >= 0.6 is 0 Å². The summed E-state index contributed by atoms with van der Waals surface area (Å²) in [6.45, 7) is 0.125. The zero-order chi connectivity index (χ0) is 26.4. The van der Waals surface area contributed by atoms with Crippen LogP contribution in [0.4, 0.5) is 4.79 Å². The average Bonchev–Trinajstić information content (AvgIpc) is 3.25. The van der Waals surface area contributed by atoms with Crippen molar-refractivity contribution >= 4 is 12.1 Å².